The number of hydrogen-bond donors (Lipinski definition) is 4. The van der Waals surface area contributed by atoms with Crippen molar-refractivity contribution in [3.05, 3.63) is 70.4 Å². The SMILES string of the molecule is Cc1n[nH]cc1-c1cc2cc[nH]c(=O)c2c(Nc2ccc(C3CCNCC3)cc2)n1. The van der Waals surface area contributed by atoms with Gasteiger partial charge in [-0.3, -0.25) is 9.89 Å². The lowest BCUT2D eigenvalue weighted by Gasteiger charge is -2.23. The normalized spacial score (nSPS) is 14.8. The van der Waals surface area contributed by atoms with E-state index in [1.165, 1.54) is 18.4 Å². The lowest BCUT2D eigenvalue weighted by molar-refractivity contribution is 0.460. The third-order valence-corrected chi connectivity index (χ3v) is 5.85. The number of aromatic amines is 2. The van der Waals surface area contributed by atoms with Crippen molar-refractivity contribution in [2.75, 3.05) is 18.4 Å². The average Bonchev–Trinajstić information content (AvgIpc) is 3.21. The van der Waals surface area contributed by atoms with Gasteiger partial charge in [0.05, 0.1) is 16.8 Å². The first-order chi connectivity index (χ1) is 14.7. The van der Waals surface area contributed by atoms with E-state index in [1.54, 1.807) is 6.20 Å². The maximum absolute atomic E-state index is 12.6. The molecule has 7 heteroatoms. The lowest BCUT2D eigenvalue weighted by Crippen LogP contribution is -2.26. The van der Waals surface area contributed by atoms with Crippen molar-refractivity contribution in [2.24, 2.45) is 0 Å². The highest BCUT2D eigenvalue weighted by molar-refractivity contribution is 5.95. The lowest BCUT2D eigenvalue weighted by atomic mass is 9.90. The van der Waals surface area contributed by atoms with Gasteiger partial charge in [-0.1, -0.05) is 12.1 Å². The zero-order chi connectivity index (χ0) is 20.5. The number of aromatic nitrogens is 4. The van der Waals surface area contributed by atoms with Crippen molar-refractivity contribution in [2.45, 2.75) is 25.7 Å². The van der Waals surface area contributed by atoms with E-state index in [9.17, 15) is 4.79 Å². The van der Waals surface area contributed by atoms with Crippen LogP contribution in [0.15, 0.2) is 53.6 Å². The van der Waals surface area contributed by atoms with Gasteiger partial charge in [0.1, 0.15) is 5.82 Å². The molecule has 1 saturated heterocycles. The monoisotopic (exact) mass is 400 g/mol. The Bertz CT molecular complexity index is 1230. The predicted octanol–water partition coefficient (Wildman–Crippen LogP) is 3.83. The topological polar surface area (TPSA) is 98.5 Å². The van der Waals surface area contributed by atoms with Crippen LogP contribution in [0, 0.1) is 6.92 Å². The number of nitrogens with zero attached hydrogens (tertiary/aromatic N) is 2. The zero-order valence-corrected chi connectivity index (χ0v) is 16.8. The van der Waals surface area contributed by atoms with Crippen LogP contribution in [0.4, 0.5) is 11.5 Å². The van der Waals surface area contributed by atoms with Crippen LogP contribution >= 0.6 is 0 Å². The summed E-state index contributed by atoms with van der Waals surface area (Å²) in [5.41, 5.74) is 4.66. The van der Waals surface area contributed by atoms with E-state index in [4.69, 9.17) is 4.98 Å². The third kappa shape index (κ3) is 3.48. The molecule has 4 heterocycles. The molecule has 1 aromatic carbocycles. The van der Waals surface area contributed by atoms with Crippen molar-refractivity contribution in [3.8, 4) is 11.3 Å². The molecule has 1 fully saturated rings. The first-order valence-corrected chi connectivity index (χ1v) is 10.3. The van der Waals surface area contributed by atoms with Crippen LogP contribution in [0.5, 0.6) is 0 Å². The molecular weight excluding hydrogens is 376 g/mol. The van der Waals surface area contributed by atoms with Gasteiger partial charge in [-0.25, -0.2) is 4.98 Å². The highest BCUT2D eigenvalue weighted by Gasteiger charge is 2.16. The molecule has 0 amide bonds. The first-order valence-electron chi connectivity index (χ1n) is 10.3. The number of benzene rings is 1. The van der Waals surface area contributed by atoms with E-state index < -0.39 is 0 Å². The Morgan fingerprint density at radius 3 is 2.63 bits per heavy atom. The smallest absolute Gasteiger partial charge is 0.259 e. The Balaban J connectivity index is 1.53. The van der Waals surface area contributed by atoms with Gasteiger partial charge in [-0.2, -0.15) is 5.10 Å². The third-order valence-electron chi connectivity index (χ3n) is 5.85. The molecule has 1 aliphatic heterocycles. The van der Waals surface area contributed by atoms with Gasteiger partial charge >= 0.3 is 0 Å². The number of piperidine rings is 1. The fraction of sp³-hybridized carbons (Fsp3) is 0.261. The summed E-state index contributed by atoms with van der Waals surface area (Å²) in [4.78, 5) is 20.1. The van der Waals surface area contributed by atoms with Crippen LogP contribution in [-0.4, -0.2) is 33.3 Å². The summed E-state index contributed by atoms with van der Waals surface area (Å²) in [5, 5.41) is 15.2. The van der Waals surface area contributed by atoms with Crippen LogP contribution in [-0.2, 0) is 0 Å². The fourth-order valence-electron chi connectivity index (χ4n) is 4.19. The van der Waals surface area contributed by atoms with E-state index in [-0.39, 0.29) is 5.56 Å². The second-order valence-electron chi connectivity index (χ2n) is 7.78. The molecule has 0 atom stereocenters. The maximum Gasteiger partial charge on any atom is 0.259 e. The van der Waals surface area contributed by atoms with Gasteiger partial charge in [0, 0.05) is 23.6 Å². The minimum atomic E-state index is -0.163. The molecule has 0 spiro atoms. The summed E-state index contributed by atoms with van der Waals surface area (Å²) in [6.45, 7) is 4.08. The molecule has 30 heavy (non-hydrogen) atoms. The molecule has 4 aromatic rings. The maximum atomic E-state index is 12.6. The van der Waals surface area contributed by atoms with Crippen molar-refractivity contribution in [1.29, 1.82) is 0 Å². The quantitative estimate of drug-likeness (QED) is 0.417. The minimum Gasteiger partial charge on any atom is -0.340 e. The second kappa shape index (κ2) is 7.76. The average molecular weight is 400 g/mol. The number of H-pyrrole nitrogens is 2. The summed E-state index contributed by atoms with van der Waals surface area (Å²) < 4.78 is 0. The highest BCUT2D eigenvalue weighted by Crippen LogP contribution is 2.30. The van der Waals surface area contributed by atoms with Crippen molar-refractivity contribution in [1.82, 2.24) is 25.5 Å². The molecule has 7 nitrogen and oxygen atoms in total. The highest BCUT2D eigenvalue weighted by atomic mass is 16.1. The van der Waals surface area contributed by atoms with Gasteiger partial charge in [-0.05, 0) is 74.0 Å². The molecule has 5 rings (SSSR count). The minimum absolute atomic E-state index is 0.163. The van der Waals surface area contributed by atoms with E-state index in [0.29, 0.717) is 17.1 Å². The standard InChI is InChI=1S/C23H24N6O/c1-14-19(13-26-29-14)20-12-17-8-11-25-23(30)21(17)22(28-20)27-18-4-2-15(3-5-18)16-6-9-24-10-7-16/h2-5,8,11-13,16,24H,6-7,9-10H2,1H3,(H,25,30)(H,26,29)(H,27,28). The fourth-order valence-corrected chi connectivity index (χ4v) is 4.19. The number of anilines is 2. The van der Waals surface area contributed by atoms with Crippen molar-refractivity contribution in [3.63, 3.8) is 0 Å². The molecule has 0 saturated carbocycles. The molecule has 0 unspecified atom stereocenters. The summed E-state index contributed by atoms with van der Waals surface area (Å²) in [5.74, 6) is 1.15. The molecular formula is C23H24N6O. The van der Waals surface area contributed by atoms with E-state index in [0.717, 1.165) is 41.1 Å². The molecule has 152 valence electrons. The summed E-state index contributed by atoms with van der Waals surface area (Å²) in [7, 11) is 0. The summed E-state index contributed by atoms with van der Waals surface area (Å²) in [6.07, 6.45) is 5.82. The molecule has 1 aliphatic rings. The van der Waals surface area contributed by atoms with Crippen LogP contribution in [0.2, 0.25) is 0 Å². The van der Waals surface area contributed by atoms with E-state index in [2.05, 4.69) is 50.1 Å². The Morgan fingerprint density at radius 1 is 1.10 bits per heavy atom. The number of rotatable bonds is 4. The molecule has 0 bridgehead atoms. The van der Waals surface area contributed by atoms with E-state index >= 15 is 0 Å². The van der Waals surface area contributed by atoms with Gasteiger partial charge in [0.15, 0.2) is 0 Å². The number of nitrogens with one attached hydrogen (secondary N) is 4. The number of aryl methyl sites for hydroxylation is 1. The van der Waals surface area contributed by atoms with Crippen LogP contribution in [0.3, 0.4) is 0 Å². The van der Waals surface area contributed by atoms with Crippen LogP contribution in [0.25, 0.3) is 22.0 Å². The number of fused-ring (bicyclic) bond motifs is 1. The molecule has 0 radical (unpaired) electrons. The Morgan fingerprint density at radius 2 is 1.90 bits per heavy atom. The Kier molecular flexibility index (Phi) is 4.80. The second-order valence-corrected chi connectivity index (χ2v) is 7.78. The van der Waals surface area contributed by atoms with Gasteiger partial charge in [0.2, 0.25) is 0 Å². The Hall–Kier alpha value is -3.45. The largest absolute Gasteiger partial charge is 0.340 e. The van der Waals surface area contributed by atoms with E-state index in [1.807, 2.05) is 25.3 Å². The van der Waals surface area contributed by atoms with Crippen LogP contribution < -0.4 is 16.2 Å². The molecule has 0 aliphatic carbocycles. The van der Waals surface area contributed by atoms with Crippen LogP contribution in [0.1, 0.15) is 30.0 Å². The number of pyridine rings is 2. The first kappa shape index (κ1) is 18.6. The number of hydrogen-bond acceptors (Lipinski definition) is 5. The van der Waals surface area contributed by atoms with Gasteiger partial charge < -0.3 is 15.6 Å². The zero-order valence-electron chi connectivity index (χ0n) is 16.8. The van der Waals surface area contributed by atoms with Crippen molar-refractivity contribution < 1.29 is 0 Å². The van der Waals surface area contributed by atoms with Gasteiger partial charge in [-0.15, -0.1) is 0 Å². The summed E-state index contributed by atoms with van der Waals surface area (Å²) in [6, 6.07) is 12.3. The summed E-state index contributed by atoms with van der Waals surface area (Å²) >= 11 is 0. The van der Waals surface area contributed by atoms with Crippen molar-refractivity contribution >= 4 is 22.3 Å². The van der Waals surface area contributed by atoms with Gasteiger partial charge in [0.25, 0.3) is 5.56 Å². The molecule has 3 aromatic heterocycles. The predicted molar refractivity (Wildman–Crippen MR) is 119 cm³/mol. The Labute approximate surface area is 174 Å². The molecule has 4 N–H and O–H groups in total.